The number of alkyl halides is 3. The molecule has 0 aromatic heterocycles. The van der Waals surface area contributed by atoms with Gasteiger partial charge in [0.05, 0.1) is 11.2 Å². The number of nitrogens with one attached hydrogen (secondary N) is 1. The zero-order valence-electron chi connectivity index (χ0n) is 12.3. The number of rotatable bonds is 6. The van der Waals surface area contributed by atoms with E-state index < -0.39 is 23.2 Å². The Hall–Kier alpha value is -1.47. The van der Waals surface area contributed by atoms with Gasteiger partial charge in [-0.2, -0.15) is 24.9 Å². The number of thioether (sulfide) groups is 1. The Morgan fingerprint density at radius 2 is 2.09 bits per heavy atom. The van der Waals surface area contributed by atoms with Crippen LogP contribution in [0.25, 0.3) is 6.08 Å². The van der Waals surface area contributed by atoms with E-state index in [1.54, 1.807) is 6.92 Å². The van der Waals surface area contributed by atoms with E-state index in [1.165, 1.54) is 30.0 Å². The number of carbonyl (C=O) groups excluding carboxylic acids is 1. The van der Waals surface area contributed by atoms with E-state index in [0.717, 1.165) is 18.2 Å². The van der Waals surface area contributed by atoms with Crippen LogP contribution in [0.5, 0.6) is 0 Å². The molecule has 3 nitrogen and oxygen atoms in total. The molecule has 22 heavy (non-hydrogen) atoms. The van der Waals surface area contributed by atoms with Crippen molar-refractivity contribution in [1.29, 1.82) is 0 Å². The Labute approximate surface area is 131 Å². The van der Waals surface area contributed by atoms with Crippen LogP contribution in [0.3, 0.4) is 0 Å². The maximum absolute atomic E-state index is 12.6. The average molecular weight is 333 g/mol. The van der Waals surface area contributed by atoms with Crippen LogP contribution in [0.1, 0.15) is 18.1 Å². The van der Waals surface area contributed by atoms with Gasteiger partial charge in [0.1, 0.15) is 0 Å². The van der Waals surface area contributed by atoms with Crippen LogP contribution >= 0.6 is 11.8 Å². The summed E-state index contributed by atoms with van der Waals surface area (Å²) in [6.07, 6.45) is -0.134. The van der Waals surface area contributed by atoms with E-state index in [2.05, 4.69) is 5.32 Å². The topological polar surface area (TPSA) is 49.3 Å². The number of aliphatic hydroxyl groups is 1. The van der Waals surface area contributed by atoms with Crippen molar-refractivity contribution in [2.75, 3.05) is 18.6 Å². The lowest BCUT2D eigenvalue weighted by atomic mass is 10.1. The van der Waals surface area contributed by atoms with E-state index in [1.807, 2.05) is 6.26 Å². The second-order valence-electron chi connectivity index (χ2n) is 5.10. The van der Waals surface area contributed by atoms with Gasteiger partial charge < -0.3 is 10.4 Å². The molecule has 0 saturated heterocycles. The molecule has 0 fully saturated rings. The molecule has 0 heterocycles. The minimum atomic E-state index is -4.41. The summed E-state index contributed by atoms with van der Waals surface area (Å²) in [6.45, 7) is 1.67. The summed E-state index contributed by atoms with van der Waals surface area (Å²) in [5.41, 5.74) is -1.52. The zero-order chi connectivity index (χ0) is 16.8. The Morgan fingerprint density at radius 1 is 1.41 bits per heavy atom. The first-order valence-corrected chi connectivity index (χ1v) is 7.88. The molecule has 0 radical (unpaired) electrons. The van der Waals surface area contributed by atoms with Crippen molar-refractivity contribution in [2.45, 2.75) is 18.7 Å². The molecular formula is C15H18F3NO2S. The Kier molecular flexibility index (Phi) is 6.49. The standard InChI is InChI=1S/C15H18F3NO2S/c1-14(21,10-22-2)9-19-13(20)7-6-11-4-3-5-12(8-11)15(16,17)18/h3-8,21H,9-10H2,1-2H3,(H,19,20). The molecule has 0 saturated carbocycles. The molecule has 0 aliphatic heterocycles. The van der Waals surface area contributed by atoms with E-state index in [-0.39, 0.29) is 12.1 Å². The normalized spacial score (nSPS) is 14.8. The fourth-order valence-electron chi connectivity index (χ4n) is 1.69. The fraction of sp³-hybridized carbons (Fsp3) is 0.400. The summed E-state index contributed by atoms with van der Waals surface area (Å²) < 4.78 is 37.7. The van der Waals surface area contributed by atoms with Gasteiger partial charge in [0.15, 0.2) is 0 Å². The summed E-state index contributed by atoms with van der Waals surface area (Å²) in [5.74, 6) is -0.0104. The van der Waals surface area contributed by atoms with E-state index in [9.17, 15) is 23.1 Å². The number of carbonyl (C=O) groups is 1. The van der Waals surface area contributed by atoms with Gasteiger partial charge in [0.2, 0.25) is 5.91 Å². The highest BCUT2D eigenvalue weighted by Gasteiger charge is 2.30. The van der Waals surface area contributed by atoms with Crippen LogP contribution in [0, 0.1) is 0 Å². The highest BCUT2D eigenvalue weighted by molar-refractivity contribution is 7.98. The SMILES string of the molecule is CSCC(C)(O)CNC(=O)C=Cc1cccc(C(F)(F)F)c1. The summed E-state index contributed by atoms with van der Waals surface area (Å²) in [4.78, 5) is 11.6. The molecule has 0 spiro atoms. The first-order valence-electron chi connectivity index (χ1n) is 6.48. The molecule has 1 aromatic rings. The maximum atomic E-state index is 12.6. The van der Waals surface area contributed by atoms with Gasteiger partial charge in [-0.1, -0.05) is 12.1 Å². The first-order chi connectivity index (χ1) is 10.1. The van der Waals surface area contributed by atoms with E-state index in [4.69, 9.17) is 0 Å². The van der Waals surface area contributed by atoms with Gasteiger partial charge in [-0.25, -0.2) is 0 Å². The van der Waals surface area contributed by atoms with Crippen molar-refractivity contribution in [1.82, 2.24) is 5.32 Å². The van der Waals surface area contributed by atoms with Crippen LogP contribution in [-0.4, -0.2) is 35.2 Å². The highest BCUT2D eigenvalue weighted by atomic mass is 32.2. The van der Waals surface area contributed by atoms with Crippen LogP contribution in [-0.2, 0) is 11.0 Å². The zero-order valence-corrected chi connectivity index (χ0v) is 13.1. The molecule has 122 valence electrons. The predicted molar refractivity (Wildman–Crippen MR) is 82.5 cm³/mol. The summed E-state index contributed by atoms with van der Waals surface area (Å²) in [6, 6.07) is 4.69. The third kappa shape index (κ3) is 6.53. The predicted octanol–water partition coefficient (Wildman–Crippen LogP) is 2.95. The van der Waals surface area contributed by atoms with Gasteiger partial charge in [0, 0.05) is 18.4 Å². The Balaban J connectivity index is 2.63. The van der Waals surface area contributed by atoms with Crippen LogP contribution in [0.4, 0.5) is 13.2 Å². The van der Waals surface area contributed by atoms with Crippen molar-refractivity contribution in [3.05, 3.63) is 41.5 Å². The van der Waals surface area contributed by atoms with Gasteiger partial charge in [-0.15, -0.1) is 0 Å². The lowest BCUT2D eigenvalue weighted by Gasteiger charge is -2.21. The molecule has 0 aliphatic rings. The average Bonchev–Trinajstić information content (AvgIpc) is 2.42. The largest absolute Gasteiger partial charge is 0.416 e. The minimum Gasteiger partial charge on any atom is -0.387 e. The first kappa shape index (κ1) is 18.6. The second kappa shape index (κ2) is 7.69. The van der Waals surface area contributed by atoms with Gasteiger partial charge in [0.25, 0.3) is 0 Å². The van der Waals surface area contributed by atoms with Crippen LogP contribution in [0.15, 0.2) is 30.3 Å². The number of halogens is 3. The van der Waals surface area contributed by atoms with E-state index >= 15 is 0 Å². The third-order valence-corrected chi connectivity index (χ3v) is 3.65. The smallest absolute Gasteiger partial charge is 0.387 e. The second-order valence-corrected chi connectivity index (χ2v) is 5.97. The maximum Gasteiger partial charge on any atom is 0.416 e. The fourth-order valence-corrected chi connectivity index (χ4v) is 2.41. The lowest BCUT2D eigenvalue weighted by Crippen LogP contribution is -2.41. The van der Waals surface area contributed by atoms with Crippen molar-refractivity contribution in [3.8, 4) is 0 Å². The molecule has 1 rings (SSSR count). The lowest BCUT2D eigenvalue weighted by molar-refractivity contribution is -0.137. The van der Waals surface area contributed by atoms with Crippen LogP contribution < -0.4 is 5.32 Å². The summed E-state index contributed by atoms with van der Waals surface area (Å²) in [5, 5.41) is 12.4. The molecule has 2 N–H and O–H groups in total. The number of benzene rings is 1. The summed E-state index contributed by atoms with van der Waals surface area (Å²) in [7, 11) is 0. The summed E-state index contributed by atoms with van der Waals surface area (Å²) >= 11 is 1.45. The van der Waals surface area contributed by atoms with Gasteiger partial charge in [-0.05, 0) is 37.0 Å². The van der Waals surface area contributed by atoms with Crippen molar-refractivity contribution < 1.29 is 23.1 Å². The number of hydrogen-bond donors (Lipinski definition) is 2. The molecule has 1 unspecified atom stereocenters. The van der Waals surface area contributed by atoms with E-state index in [0.29, 0.717) is 5.75 Å². The third-order valence-electron chi connectivity index (χ3n) is 2.74. The van der Waals surface area contributed by atoms with Gasteiger partial charge >= 0.3 is 6.18 Å². The number of amides is 1. The Bertz CT molecular complexity index is 542. The molecule has 7 heteroatoms. The molecule has 1 aromatic carbocycles. The molecular weight excluding hydrogens is 315 g/mol. The monoisotopic (exact) mass is 333 g/mol. The molecule has 1 amide bonds. The van der Waals surface area contributed by atoms with Crippen molar-refractivity contribution in [2.24, 2.45) is 0 Å². The quantitative estimate of drug-likeness (QED) is 0.787. The van der Waals surface area contributed by atoms with Crippen molar-refractivity contribution >= 4 is 23.7 Å². The van der Waals surface area contributed by atoms with Crippen molar-refractivity contribution in [3.63, 3.8) is 0 Å². The Morgan fingerprint density at radius 3 is 2.68 bits per heavy atom. The highest BCUT2D eigenvalue weighted by Crippen LogP contribution is 2.29. The number of hydrogen-bond acceptors (Lipinski definition) is 3. The van der Waals surface area contributed by atoms with Gasteiger partial charge in [-0.3, -0.25) is 4.79 Å². The molecule has 0 aliphatic carbocycles. The molecule has 1 atom stereocenters. The minimum absolute atomic E-state index is 0.0691. The van der Waals surface area contributed by atoms with Crippen LogP contribution in [0.2, 0.25) is 0 Å². The molecule has 0 bridgehead atoms.